The van der Waals surface area contributed by atoms with E-state index >= 15 is 0 Å². The Kier molecular flexibility index (Phi) is 63.7. The molecule has 3 atom stereocenters. The first-order valence-corrected chi connectivity index (χ1v) is 38.0. The second kappa shape index (κ2) is 64.9. The molecule has 83 heavy (non-hydrogen) atoms. The van der Waals surface area contributed by atoms with Crippen LogP contribution < -0.4 is 5.32 Å². The summed E-state index contributed by atoms with van der Waals surface area (Å²) in [5, 5.41) is 14.0. The van der Waals surface area contributed by atoms with Gasteiger partial charge in [0, 0.05) is 6.42 Å². The van der Waals surface area contributed by atoms with E-state index in [0.717, 1.165) is 44.9 Å². The van der Waals surface area contributed by atoms with Gasteiger partial charge in [0.2, 0.25) is 5.91 Å². The molecule has 9 heteroatoms. The van der Waals surface area contributed by atoms with Gasteiger partial charge in [0.15, 0.2) is 0 Å². The van der Waals surface area contributed by atoms with Crippen LogP contribution in [-0.2, 0) is 18.4 Å². The molecule has 0 saturated heterocycles. The van der Waals surface area contributed by atoms with E-state index < -0.39 is 20.0 Å². The summed E-state index contributed by atoms with van der Waals surface area (Å²) < 4.78 is 23.8. The van der Waals surface area contributed by atoms with Crippen LogP contribution in [0.15, 0.2) is 48.6 Å². The van der Waals surface area contributed by atoms with Gasteiger partial charge in [-0.1, -0.05) is 339 Å². The number of hydrogen-bond donors (Lipinski definition) is 3. The number of allylic oxidation sites excluding steroid dienone is 7. The fourth-order valence-corrected chi connectivity index (χ4v) is 11.8. The third-order valence-corrected chi connectivity index (χ3v) is 17.7. The summed E-state index contributed by atoms with van der Waals surface area (Å²) in [7, 11) is 1.56. The molecule has 3 unspecified atom stereocenters. The number of carbonyl (C=O) groups excluding carboxylic acids is 1. The predicted octanol–water partition coefficient (Wildman–Crippen LogP) is 23.4. The van der Waals surface area contributed by atoms with E-state index in [-0.39, 0.29) is 19.1 Å². The number of likely N-dealkylation sites (N-methyl/N-ethyl adjacent to an activating group) is 1. The molecule has 0 saturated carbocycles. The van der Waals surface area contributed by atoms with Crippen LogP contribution in [0, 0.1) is 0 Å². The number of hydrogen-bond acceptors (Lipinski definition) is 5. The van der Waals surface area contributed by atoms with E-state index in [4.69, 9.17) is 9.05 Å². The molecule has 0 aliphatic carbocycles. The van der Waals surface area contributed by atoms with E-state index in [9.17, 15) is 19.4 Å². The van der Waals surface area contributed by atoms with Crippen LogP contribution in [0.4, 0.5) is 0 Å². The Morgan fingerprint density at radius 3 is 0.964 bits per heavy atom. The van der Waals surface area contributed by atoms with Crippen LogP contribution in [-0.4, -0.2) is 73.4 Å². The van der Waals surface area contributed by atoms with Crippen LogP contribution in [0.1, 0.15) is 367 Å². The second-order valence-electron chi connectivity index (χ2n) is 26.3. The highest BCUT2D eigenvalue weighted by Gasteiger charge is 2.28. The van der Waals surface area contributed by atoms with Gasteiger partial charge in [0.25, 0.3) is 0 Å². The maximum atomic E-state index is 13.1. The van der Waals surface area contributed by atoms with Crippen molar-refractivity contribution in [1.29, 1.82) is 0 Å². The lowest BCUT2D eigenvalue weighted by Crippen LogP contribution is -2.45. The topological polar surface area (TPSA) is 105 Å². The maximum absolute atomic E-state index is 13.1. The van der Waals surface area contributed by atoms with Crippen molar-refractivity contribution >= 4 is 13.7 Å². The minimum absolute atomic E-state index is 0.0546. The molecule has 0 aromatic heterocycles. The zero-order chi connectivity index (χ0) is 60.5. The van der Waals surface area contributed by atoms with Crippen molar-refractivity contribution in [3.8, 4) is 0 Å². The van der Waals surface area contributed by atoms with Crippen molar-refractivity contribution < 1.29 is 32.9 Å². The lowest BCUT2D eigenvalue weighted by atomic mass is 10.0. The number of aliphatic hydroxyl groups is 1. The fraction of sp³-hybridized carbons (Fsp3) is 0.878. The number of aliphatic hydroxyl groups excluding tert-OH is 1. The van der Waals surface area contributed by atoms with Crippen molar-refractivity contribution in [1.82, 2.24) is 5.32 Å². The summed E-state index contributed by atoms with van der Waals surface area (Å²) in [6.07, 6.45) is 88.6. The smallest absolute Gasteiger partial charge is 0.387 e. The average molecular weight is 1190 g/mol. The molecule has 0 radical (unpaired) electrons. The van der Waals surface area contributed by atoms with Gasteiger partial charge in [-0.15, -0.1) is 0 Å². The molecule has 490 valence electrons. The number of unbranched alkanes of at least 4 members (excludes halogenated alkanes) is 49. The van der Waals surface area contributed by atoms with Crippen molar-refractivity contribution in [2.75, 3.05) is 40.9 Å². The molecular weight excluding hydrogens is 1040 g/mol. The summed E-state index contributed by atoms with van der Waals surface area (Å²) >= 11 is 0. The second-order valence-corrected chi connectivity index (χ2v) is 27.8. The van der Waals surface area contributed by atoms with E-state index in [0.29, 0.717) is 17.4 Å². The van der Waals surface area contributed by atoms with Gasteiger partial charge in [0.05, 0.1) is 39.9 Å². The molecule has 0 rings (SSSR count). The van der Waals surface area contributed by atoms with Gasteiger partial charge in [0.1, 0.15) is 13.2 Å². The van der Waals surface area contributed by atoms with Gasteiger partial charge < -0.3 is 19.8 Å². The molecule has 0 aromatic carbocycles. The van der Waals surface area contributed by atoms with E-state index in [1.165, 1.54) is 302 Å². The fourth-order valence-electron chi connectivity index (χ4n) is 11.1. The van der Waals surface area contributed by atoms with Crippen molar-refractivity contribution in [2.24, 2.45) is 0 Å². The Morgan fingerprint density at radius 2 is 0.663 bits per heavy atom. The average Bonchev–Trinajstić information content (AvgIpc) is 3.49. The van der Waals surface area contributed by atoms with Gasteiger partial charge in [-0.2, -0.15) is 0 Å². The highest BCUT2D eigenvalue weighted by molar-refractivity contribution is 7.47. The Labute approximate surface area is 518 Å². The highest BCUT2D eigenvalue weighted by Crippen LogP contribution is 2.43. The van der Waals surface area contributed by atoms with E-state index in [1.54, 1.807) is 6.08 Å². The summed E-state index contributed by atoms with van der Waals surface area (Å²) in [6.45, 7) is 4.84. The monoisotopic (exact) mass is 1190 g/mol. The van der Waals surface area contributed by atoms with Gasteiger partial charge in [-0.25, -0.2) is 4.57 Å². The number of nitrogens with zero attached hydrogens (tertiary/aromatic N) is 1. The van der Waals surface area contributed by atoms with Crippen LogP contribution in [0.2, 0.25) is 0 Å². The number of carbonyl (C=O) groups is 1. The summed E-state index contributed by atoms with van der Waals surface area (Å²) in [5.74, 6) is -0.184. The Morgan fingerprint density at radius 1 is 0.398 bits per heavy atom. The molecular formula is C74H144N2O6P+. The lowest BCUT2D eigenvalue weighted by Gasteiger charge is -2.25. The van der Waals surface area contributed by atoms with Crippen molar-refractivity contribution in [2.45, 2.75) is 379 Å². The Hall–Kier alpha value is -1.54. The molecule has 0 aliphatic heterocycles. The standard InChI is InChI=1S/C74H143N2O6P/c1-6-8-10-12-14-16-18-20-22-24-26-28-30-32-34-35-36-37-38-39-40-41-42-44-46-48-50-52-54-56-58-60-62-64-66-68-74(78)75-72(71-82-83(79,80)81-70-69-76(3,4)5)73(77)67-65-63-61-59-57-55-53-51-49-47-45-43-33-31-29-27-25-23-21-19-17-15-13-11-9-7-2/h24,26,49,51,57,59,65,67,72-73,77H,6-23,25,27-48,50,52-56,58,60-64,66,68-71H2,1-5H3,(H-,75,78,79,80)/p+1/b26-24-,51-49+,59-57+,67-65+. The third-order valence-electron chi connectivity index (χ3n) is 16.7. The Balaban J connectivity index is 4.04. The zero-order valence-electron chi connectivity index (χ0n) is 56.2. The third kappa shape index (κ3) is 67.8. The quantitative estimate of drug-likeness (QED) is 0.0243. The number of phosphoric ester groups is 1. The molecule has 1 amide bonds. The normalized spacial score (nSPS) is 13.9. The van der Waals surface area contributed by atoms with Crippen molar-refractivity contribution in [3.63, 3.8) is 0 Å². The summed E-state index contributed by atoms with van der Waals surface area (Å²) in [5.41, 5.74) is 0. The molecule has 0 spiro atoms. The van der Waals surface area contributed by atoms with Crippen LogP contribution in [0.25, 0.3) is 0 Å². The maximum Gasteiger partial charge on any atom is 0.472 e. The number of amides is 1. The van der Waals surface area contributed by atoms with E-state index in [2.05, 4.69) is 55.6 Å². The first-order valence-electron chi connectivity index (χ1n) is 36.5. The molecule has 0 fully saturated rings. The molecule has 3 N–H and O–H groups in total. The number of rotatable bonds is 68. The molecule has 0 aromatic rings. The van der Waals surface area contributed by atoms with Crippen LogP contribution in [0.5, 0.6) is 0 Å². The SMILES string of the molecule is CCCCCCCCCC/C=C\CCCCCCCCCCCCCCCCCCCCCCCCCC(=O)NC(COP(=O)(O)OCC[N+](C)(C)C)C(O)/C=C/CC/C=C/CC/C=C/CCCCCCCCCCCCCCCCCC. The van der Waals surface area contributed by atoms with Gasteiger partial charge in [-0.05, 0) is 70.6 Å². The minimum atomic E-state index is -4.37. The van der Waals surface area contributed by atoms with Gasteiger partial charge in [-0.3, -0.25) is 13.8 Å². The van der Waals surface area contributed by atoms with Crippen molar-refractivity contribution in [3.05, 3.63) is 48.6 Å². The lowest BCUT2D eigenvalue weighted by molar-refractivity contribution is -0.870. The Bertz CT molecular complexity index is 1490. The molecule has 0 bridgehead atoms. The first kappa shape index (κ1) is 81.5. The molecule has 0 aliphatic rings. The molecule has 8 nitrogen and oxygen atoms in total. The van der Waals surface area contributed by atoms with Crippen LogP contribution >= 0.6 is 7.82 Å². The highest BCUT2D eigenvalue weighted by atomic mass is 31.2. The largest absolute Gasteiger partial charge is 0.472 e. The summed E-state index contributed by atoms with van der Waals surface area (Å²) in [4.78, 5) is 23.4. The number of quaternary nitrogens is 1. The van der Waals surface area contributed by atoms with Gasteiger partial charge >= 0.3 is 7.82 Å². The first-order chi connectivity index (χ1) is 40.5. The predicted molar refractivity (Wildman–Crippen MR) is 364 cm³/mol. The molecule has 0 heterocycles. The summed E-state index contributed by atoms with van der Waals surface area (Å²) in [6, 6.07) is -0.871. The van der Waals surface area contributed by atoms with E-state index in [1.807, 2.05) is 27.2 Å². The number of phosphoric acid groups is 1. The zero-order valence-corrected chi connectivity index (χ0v) is 57.1. The van der Waals surface area contributed by atoms with Crippen LogP contribution in [0.3, 0.4) is 0 Å². The minimum Gasteiger partial charge on any atom is -0.387 e. The number of nitrogens with one attached hydrogen (secondary N) is 1.